The molecule has 0 spiro atoms. The van der Waals surface area contributed by atoms with Crippen molar-refractivity contribution in [2.45, 2.75) is 12.5 Å². The maximum atomic E-state index is 12.1. The molecule has 0 saturated carbocycles. The summed E-state index contributed by atoms with van der Waals surface area (Å²) < 4.78 is 1.86. The first-order chi connectivity index (χ1) is 17.0. The molecule has 1 N–H and O–H groups in total. The van der Waals surface area contributed by atoms with E-state index in [-0.39, 0.29) is 17.4 Å². The van der Waals surface area contributed by atoms with Crippen molar-refractivity contribution in [3.8, 4) is 0 Å². The Morgan fingerprint density at radius 3 is 1.74 bits per heavy atom. The number of fused-ring (bicyclic) bond motifs is 1. The molecule has 5 rings (SSSR count). The van der Waals surface area contributed by atoms with Gasteiger partial charge in [0, 0.05) is 19.1 Å². The van der Waals surface area contributed by atoms with Gasteiger partial charge in [-0.3, -0.25) is 14.9 Å². The lowest BCUT2D eigenvalue weighted by molar-refractivity contribution is -0.384. The summed E-state index contributed by atoms with van der Waals surface area (Å²) >= 11 is 0. The molecule has 172 valence electrons. The molecule has 1 amide bonds. The monoisotopic (exact) mass is 462 g/mol. The molecule has 0 radical (unpaired) electrons. The molecule has 1 aromatic heterocycles. The Bertz CT molecular complexity index is 1420. The van der Waals surface area contributed by atoms with Gasteiger partial charge in [0.2, 0.25) is 5.91 Å². The fourth-order valence-electron chi connectivity index (χ4n) is 4.64. The van der Waals surface area contributed by atoms with Crippen molar-refractivity contribution >= 4 is 28.3 Å². The van der Waals surface area contributed by atoms with Crippen LogP contribution in [0.15, 0.2) is 109 Å². The molecule has 0 saturated heterocycles. The summed E-state index contributed by atoms with van der Waals surface area (Å²) in [7, 11) is 0. The lowest BCUT2D eigenvalue weighted by atomic mass is 9.77. The van der Waals surface area contributed by atoms with Crippen molar-refractivity contribution in [3.63, 3.8) is 0 Å². The van der Waals surface area contributed by atoms with E-state index in [0.717, 1.165) is 16.7 Å². The van der Waals surface area contributed by atoms with Gasteiger partial charge < -0.3 is 5.32 Å². The van der Waals surface area contributed by atoms with Crippen LogP contribution in [0.3, 0.4) is 0 Å². The number of benzene rings is 4. The van der Waals surface area contributed by atoms with Crippen LogP contribution in [0.4, 0.5) is 11.5 Å². The molecule has 1 heterocycles. The number of nitrogens with one attached hydrogen (secondary N) is 1. The molecule has 0 aliphatic rings. The van der Waals surface area contributed by atoms with Gasteiger partial charge in [-0.05, 0) is 22.8 Å². The number of hydrogen-bond acceptors (Lipinski definition) is 4. The third kappa shape index (κ3) is 3.73. The Kier molecular flexibility index (Phi) is 5.58. The number of non-ortho nitro benzene ring substituents is 1. The number of aromatic nitrogens is 2. The number of carbonyl (C=O) groups excluding carboxylic acids is 1. The summed E-state index contributed by atoms with van der Waals surface area (Å²) in [6.45, 7) is 1.39. The van der Waals surface area contributed by atoms with Gasteiger partial charge in [0.1, 0.15) is 5.54 Å². The van der Waals surface area contributed by atoms with Gasteiger partial charge in [0.15, 0.2) is 5.82 Å². The SMILES string of the molecule is CC(=O)Nc1nn(C(c2ccccc2)(c2ccccc2)c2ccccc2)c2ccc([N+](=O)[O-])cc12. The first-order valence-electron chi connectivity index (χ1n) is 11.1. The summed E-state index contributed by atoms with van der Waals surface area (Å²) in [6, 6.07) is 34.5. The van der Waals surface area contributed by atoms with E-state index in [1.54, 1.807) is 6.07 Å². The number of hydrogen-bond donors (Lipinski definition) is 1. The molecule has 0 bridgehead atoms. The van der Waals surface area contributed by atoms with Crippen LogP contribution in [0.25, 0.3) is 10.9 Å². The first kappa shape index (κ1) is 22.0. The van der Waals surface area contributed by atoms with Crippen molar-refractivity contribution in [3.05, 3.63) is 136 Å². The lowest BCUT2D eigenvalue weighted by Crippen LogP contribution is -2.38. The van der Waals surface area contributed by atoms with Gasteiger partial charge in [0.25, 0.3) is 5.69 Å². The molecule has 0 fully saturated rings. The molecule has 35 heavy (non-hydrogen) atoms. The Hall–Kier alpha value is -4.78. The first-order valence-corrected chi connectivity index (χ1v) is 11.1. The van der Waals surface area contributed by atoms with Crippen LogP contribution in [-0.2, 0) is 10.3 Å². The van der Waals surface area contributed by atoms with Gasteiger partial charge in [-0.15, -0.1) is 0 Å². The third-order valence-electron chi connectivity index (χ3n) is 6.06. The van der Waals surface area contributed by atoms with Crippen LogP contribution in [0.2, 0.25) is 0 Å². The minimum atomic E-state index is -0.922. The number of nitro benzene ring substituents is 1. The second-order valence-electron chi connectivity index (χ2n) is 8.21. The van der Waals surface area contributed by atoms with Crippen molar-refractivity contribution in [2.24, 2.45) is 0 Å². The number of rotatable bonds is 6. The predicted molar refractivity (Wildman–Crippen MR) is 135 cm³/mol. The molecule has 7 heteroatoms. The highest BCUT2D eigenvalue weighted by Gasteiger charge is 2.41. The average Bonchev–Trinajstić information content (AvgIpc) is 3.24. The van der Waals surface area contributed by atoms with E-state index in [2.05, 4.69) is 5.32 Å². The van der Waals surface area contributed by atoms with Crippen LogP contribution in [-0.4, -0.2) is 20.6 Å². The molecular formula is C28H22N4O3. The number of anilines is 1. The largest absolute Gasteiger partial charge is 0.309 e. The summed E-state index contributed by atoms with van der Waals surface area (Å²) in [5.41, 5.74) is 2.51. The van der Waals surface area contributed by atoms with Crippen LogP contribution >= 0.6 is 0 Å². The quantitative estimate of drug-likeness (QED) is 0.198. The van der Waals surface area contributed by atoms with Gasteiger partial charge in [-0.25, -0.2) is 4.68 Å². The van der Waals surface area contributed by atoms with Crippen LogP contribution in [0, 0.1) is 10.1 Å². The van der Waals surface area contributed by atoms with Crippen molar-refractivity contribution in [1.82, 2.24) is 9.78 Å². The van der Waals surface area contributed by atoms with Gasteiger partial charge in [0.05, 0.1) is 15.8 Å². The standard InChI is InChI=1S/C28H22N4O3/c1-20(33)29-27-25-19-24(32(34)35)17-18-26(25)31(30-27)28(21-11-5-2-6-12-21,22-13-7-3-8-14-22)23-15-9-4-10-16-23/h2-19H,1H3,(H,29,30,33). The molecule has 5 aromatic rings. The fourth-order valence-corrected chi connectivity index (χ4v) is 4.64. The number of nitrogens with zero attached hydrogens (tertiary/aromatic N) is 3. The topological polar surface area (TPSA) is 90.1 Å². The molecule has 7 nitrogen and oxygen atoms in total. The molecule has 0 atom stereocenters. The normalized spacial score (nSPS) is 11.3. The van der Waals surface area contributed by atoms with E-state index in [4.69, 9.17) is 5.10 Å². The Balaban J connectivity index is 1.96. The average molecular weight is 463 g/mol. The van der Waals surface area contributed by atoms with E-state index < -0.39 is 10.5 Å². The number of nitro groups is 1. The zero-order chi connectivity index (χ0) is 24.4. The summed E-state index contributed by atoms with van der Waals surface area (Å²) in [5, 5.41) is 19.7. The second kappa shape index (κ2) is 8.87. The van der Waals surface area contributed by atoms with E-state index >= 15 is 0 Å². The zero-order valence-corrected chi connectivity index (χ0v) is 19.0. The molecule has 4 aromatic carbocycles. The van der Waals surface area contributed by atoms with Crippen LogP contribution in [0.5, 0.6) is 0 Å². The van der Waals surface area contributed by atoms with Crippen molar-refractivity contribution < 1.29 is 9.72 Å². The minimum absolute atomic E-state index is 0.0756. The fraction of sp³-hybridized carbons (Fsp3) is 0.0714. The third-order valence-corrected chi connectivity index (χ3v) is 6.06. The molecule has 0 aliphatic heterocycles. The number of amides is 1. The van der Waals surface area contributed by atoms with E-state index in [9.17, 15) is 14.9 Å². The molecule has 0 unspecified atom stereocenters. The number of carbonyl (C=O) groups is 1. The van der Waals surface area contributed by atoms with Crippen molar-refractivity contribution in [2.75, 3.05) is 5.32 Å². The predicted octanol–water partition coefficient (Wildman–Crippen LogP) is 5.74. The Morgan fingerprint density at radius 2 is 1.31 bits per heavy atom. The maximum absolute atomic E-state index is 12.1. The maximum Gasteiger partial charge on any atom is 0.270 e. The van der Waals surface area contributed by atoms with Gasteiger partial charge in [-0.1, -0.05) is 91.0 Å². The highest BCUT2D eigenvalue weighted by Crippen LogP contribution is 2.43. The van der Waals surface area contributed by atoms with Crippen LogP contribution in [0.1, 0.15) is 23.6 Å². The summed E-state index contributed by atoms with van der Waals surface area (Å²) in [4.78, 5) is 23.1. The van der Waals surface area contributed by atoms with Crippen LogP contribution < -0.4 is 5.32 Å². The summed E-state index contributed by atoms with van der Waals surface area (Å²) in [5.74, 6) is -0.0452. The molecular weight excluding hydrogens is 440 g/mol. The second-order valence-corrected chi connectivity index (χ2v) is 8.21. The highest BCUT2D eigenvalue weighted by atomic mass is 16.6. The van der Waals surface area contributed by atoms with E-state index in [1.165, 1.54) is 19.1 Å². The lowest BCUT2D eigenvalue weighted by Gasteiger charge is -2.37. The summed E-state index contributed by atoms with van der Waals surface area (Å²) in [6.07, 6.45) is 0. The molecule has 0 aliphatic carbocycles. The zero-order valence-electron chi connectivity index (χ0n) is 19.0. The van der Waals surface area contributed by atoms with E-state index in [1.807, 2.05) is 95.7 Å². The Morgan fingerprint density at radius 1 is 0.829 bits per heavy atom. The van der Waals surface area contributed by atoms with E-state index in [0.29, 0.717) is 10.9 Å². The van der Waals surface area contributed by atoms with Crippen molar-refractivity contribution in [1.29, 1.82) is 0 Å². The highest BCUT2D eigenvalue weighted by molar-refractivity contribution is 6.00. The smallest absolute Gasteiger partial charge is 0.270 e. The van der Waals surface area contributed by atoms with Gasteiger partial charge >= 0.3 is 0 Å². The minimum Gasteiger partial charge on any atom is -0.309 e. The Labute approximate surface area is 201 Å². The van der Waals surface area contributed by atoms with Gasteiger partial charge in [-0.2, -0.15) is 5.10 Å².